The molecule has 0 N–H and O–H groups in total. The average molecular weight is 466 g/mol. The Kier molecular flexibility index (Phi) is 5.14. The summed E-state index contributed by atoms with van der Waals surface area (Å²) < 4.78 is 1.85. The third-order valence-corrected chi connectivity index (χ3v) is 6.39. The van der Waals surface area contributed by atoms with Crippen LogP contribution < -0.4 is 0 Å². The third kappa shape index (κ3) is 3.53. The van der Waals surface area contributed by atoms with Gasteiger partial charge in [0.05, 0.1) is 34.2 Å². The summed E-state index contributed by atoms with van der Waals surface area (Å²) in [5.74, 6) is -0.0366. The lowest BCUT2D eigenvalue weighted by Crippen LogP contribution is -2.38. The van der Waals surface area contributed by atoms with Gasteiger partial charge < -0.3 is 4.90 Å². The molecular weight excluding hydrogens is 445 g/mol. The van der Waals surface area contributed by atoms with Crippen LogP contribution in [-0.4, -0.2) is 37.1 Å². The summed E-state index contributed by atoms with van der Waals surface area (Å²) in [4.78, 5) is 24.1. The lowest BCUT2D eigenvalue weighted by Gasteiger charge is -2.33. The highest BCUT2D eigenvalue weighted by molar-refractivity contribution is 6.35. The third-order valence-electron chi connectivity index (χ3n) is 5.95. The van der Waals surface area contributed by atoms with Crippen molar-refractivity contribution >= 4 is 40.1 Å². The predicted molar refractivity (Wildman–Crippen MR) is 126 cm³/mol. The van der Waals surface area contributed by atoms with Gasteiger partial charge in [0.2, 0.25) is 0 Å². The number of benzene rings is 2. The summed E-state index contributed by atoms with van der Waals surface area (Å²) in [5, 5.41) is 5.93. The summed E-state index contributed by atoms with van der Waals surface area (Å²) in [6.07, 6.45) is 2.41. The fourth-order valence-electron chi connectivity index (χ4n) is 4.48. The van der Waals surface area contributed by atoms with Gasteiger partial charge in [0, 0.05) is 46.5 Å². The lowest BCUT2D eigenvalue weighted by molar-refractivity contribution is 0.0674. The number of carbonyl (C=O) groups is 1. The van der Waals surface area contributed by atoms with Gasteiger partial charge in [0.15, 0.2) is 0 Å². The molecule has 162 valence electrons. The van der Waals surface area contributed by atoms with Gasteiger partial charge in [-0.3, -0.25) is 14.5 Å². The van der Waals surface area contributed by atoms with E-state index in [9.17, 15) is 4.79 Å². The molecule has 0 radical (unpaired) electrons. The van der Waals surface area contributed by atoms with Crippen LogP contribution in [0.1, 0.15) is 40.3 Å². The number of fused-ring (bicyclic) bond motifs is 2. The Balaban J connectivity index is 1.49. The molecule has 1 aliphatic rings. The van der Waals surface area contributed by atoms with Crippen LogP contribution in [0.15, 0.2) is 42.6 Å². The van der Waals surface area contributed by atoms with E-state index in [1.165, 1.54) is 0 Å². The quantitative estimate of drug-likeness (QED) is 0.397. The summed E-state index contributed by atoms with van der Waals surface area (Å²) >= 11 is 12.5. The minimum Gasteiger partial charge on any atom is -0.330 e. The van der Waals surface area contributed by atoms with E-state index in [1.54, 1.807) is 12.3 Å². The fraction of sp³-hybridized carbons (Fsp3) is 0.250. The van der Waals surface area contributed by atoms with E-state index < -0.39 is 0 Å². The Hall–Kier alpha value is -2.96. The normalized spacial score (nSPS) is 15.8. The average Bonchev–Trinajstić information content (AvgIpc) is 3.09. The van der Waals surface area contributed by atoms with Crippen LogP contribution in [0, 0.1) is 6.92 Å². The first-order chi connectivity index (χ1) is 15.3. The van der Waals surface area contributed by atoms with E-state index in [1.807, 2.05) is 60.8 Å². The molecular formula is C24H21Cl2N5O. The van der Waals surface area contributed by atoms with E-state index in [0.29, 0.717) is 34.1 Å². The van der Waals surface area contributed by atoms with Gasteiger partial charge in [-0.15, -0.1) is 0 Å². The summed E-state index contributed by atoms with van der Waals surface area (Å²) in [6.45, 7) is 4.51. The number of aryl methyl sites for hydroxylation is 2. The Labute approximate surface area is 195 Å². The fourth-order valence-corrected chi connectivity index (χ4v) is 5.00. The summed E-state index contributed by atoms with van der Waals surface area (Å²) in [7, 11) is 1.91. The molecule has 2 aromatic heterocycles. The van der Waals surface area contributed by atoms with Crippen molar-refractivity contribution in [2.75, 3.05) is 6.54 Å². The van der Waals surface area contributed by atoms with Gasteiger partial charge in [0.25, 0.3) is 5.91 Å². The van der Waals surface area contributed by atoms with Crippen LogP contribution in [0.5, 0.6) is 0 Å². The van der Waals surface area contributed by atoms with Crippen molar-refractivity contribution in [1.82, 2.24) is 24.6 Å². The number of rotatable bonds is 2. The van der Waals surface area contributed by atoms with Crippen LogP contribution in [0.25, 0.3) is 22.3 Å². The topological polar surface area (TPSA) is 63.9 Å². The van der Waals surface area contributed by atoms with E-state index in [0.717, 1.165) is 33.7 Å². The number of nitrogens with zero attached hydrogens (tertiary/aromatic N) is 5. The van der Waals surface area contributed by atoms with Gasteiger partial charge >= 0.3 is 0 Å². The molecule has 3 heterocycles. The number of amides is 1. The van der Waals surface area contributed by atoms with Gasteiger partial charge in [-0.2, -0.15) is 5.10 Å². The Morgan fingerprint density at radius 1 is 1.09 bits per heavy atom. The molecule has 5 rings (SSSR count). The largest absolute Gasteiger partial charge is 0.330 e. The highest BCUT2D eigenvalue weighted by atomic mass is 35.5. The maximum absolute atomic E-state index is 13.4. The summed E-state index contributed by atoms with van der Waals surface area (Å²) in [5.41, 5.74) is 6.88. The van der Waals surface area contributed by atoms with Gasteiger partial charge in [-0.05, 0) is 56.7 Å². The van der Waals surface area contributed by atoms with Crippen LogP contribution in [0.3, 0.4) is 0 Å². The Bertz CT molecular complexity index is 1360. The van der Waals surface area contributed by atoms with Crippen LogP contribution in [0.4, 0.5) is 0 Å². The SMILES string of the molecule is Cc1cnc2cc(C(=O)N3CCc4c(nn(C)c4-c4cc(Cl)cc(Cl)c4)[C@@H]3C)ccc2n1. The lowest BCUT2D eigenvalue weighted by atomic mass is 9.95. The van der Waals surface area contributed by atoms with Crippen molar-refractivity contribution < 1.29 is 4.79 Å². The molecule has 0 bridgehead atoms. The first-order valence-electron chi connectivity index (χ1n) is 10.4. The second-order valence-corrected chi connectivity index (χ2v) is 9.01. The molecule has 0 fully saturated rings. The van der Waals surface area contributed by atoms with Crippen molar-refractivity contribution in [2.45, 2.75) is 26.3 Å². The zero-order valence-corrected chi connectivity index (χ0v) is 19.4. The molecule has 0 saturated heterocycles. The molecule has 32 heavy (non-hydrogen) atoms. The maximum Gasteiger partial charge on any atom is 0.254 e. The monoisotopic (exact) mass is 465 g/mol. The second-order valence-electron chi connectivity index (χ2n) is 8.13. The van der Waals surface area contributed by atoms with Gasteiger partial charge in [-0.1, -0.05) is 23.2 Å². The van der Waals surface area contributed by atoms with Crippen molar-refractivity contribution in [3.8, 4) is 11.3 Å². The summed E-state index contributed by atoms with van der Waals surface area (Å²) in [6, 6.07) is 10.8. The highest BCUT2D eigenvalue weighted by Crippen LogP contribution is 2.37. The first-order valence-corrected chi connectivity index (χ1v) is 11.1. The molecule has 1 atom stereocenters. The van der Waals surface area contributed by atoms with Gasteiger partial charge in [0.1, 0.15) is 0 Å². The number of halogens is 2. The zero-order valence-electron chi connectivity index (χ0n) is 17.9. The number of hydrogen-bond donors (Lipinski definition) is 0. The van der Waals surface area contributed by atoms with Crippen molar-refractivity contribution in [3.05, 3.63) is 75.2 Å². The van der Waals surface area contributed by atoms with Crippen molar-refractivity contribution in [1.29, 1.82) is 0 Å². The minimum atomic E-state index is -0.166. The van der Waals surface area contributed by atoms with E-state index >= 15 is 0 Å². The molecule has 0 unspecified atom stereocenters. The zero-order chi connectivity index (χ0) is 22.6. The number of aromatic nitrogens is 4. The van der Waals surface area contributed by atoms with Crippen LogP contribution >= 0.6 is 23.2 Å². The van der Waals surface area contributed by atoms with E-state index in [4.69, 9.17) is 28.3 Å². The molecule has 0 saturated carbocycles. The van der Waals surface area contributed by atoms with Crippen molar-refractivity contribution in [3.63, 3.8) is 0 Å². The van der Waals surface area contributed by atoms with Crippen LogP contribution in [-0.2, 0) is 13.5 Å². The number of carbonyl (C=O) groups excluding carboxylic acids is 1. The smallest absolute Gasteiger partial charge is 0.254 e. The molecule has 0 aliphatic carbocycles. The molecule has 8 heteroatoms. The number of hydrogen-bond acceptors (Lipinski definition) is 4. The van der Waals surface area contributed by atoms with E-state index in [-0.39, 0.29) is 11.9 Å². The molecule has 1 amide bonds. The first kappa shape index (κ1) is 20.9. The molecule has 2 aromatic carbocycles. The minimum absolute atomic E-state index is 0.0366. The molecule has 4 aromatic rings. The molecule has 0 spiro atoms. The Morgan fingerprint density at radius 2 is 1.84 bits per heavy atom. The predicted octanol–water partition coefficient (Wildman–Crippen LogP) is 5.41. The van der Waals surface area contributed by atoms with Crippen molar-refractivity contribution in [2.24, 2.45) is 7.05 Å². The highest BCUT2D eigenvalue weighted by Gasteiger charge is 2.33. The molecule has 6 nitrogen and oxygen atoms in total. The van der Waals surface area contributed by atoms with E-state index in [2.05, 4.69) is 9.97 Å². The van der Waals surface area contributed by atoms with Crippen LogP contribution in [0.2, 0.25) is 10.0 Å². The maximum atomic E-state index is 13.4. The Morgan fingerprint density at radius 3 is 2.59 bits per heavy atom. The van der Waals surface area contributed by atoms with Gasteiger partial charge in [-0.25, -0.2) is 4.98 Å². The second kappa shape index (κ2) is 7.87. The molecule has 1 aliphatic heterocycles. The standard InChI is InChI=1S/C24H21Cl2N5O/c1-13-12-27-21-10-15(4-5-20(21)28-13)24(32)31-7-6-19-22(14(31)2)29-30(3)23(19)16-8-17(25)11-18(26)9-16/h4-5,8-12,14H,6-7H2,1-3H3/t14-/m0/s1.